The van der Waals surface area contributed by atoms with E-state index in [0.717, 1.165) is 0 Å². The highest BCUT2D eigenvalue weighted by atomic mass is 16.7. The average Bonchev–Trinajstić information content (AvgIpc) is 3.33. The monoisotopic (exact) mass is 338 g/mol. The van der Waals surface area contributed by atoms with Crippen LogP contribution in [-0.4, -0.2) is 110 Å². The van der Waals surface area contributed by atoms with Crippen molar-refractivity contribution >= 4 is 0 Å². The summed E-state index contributed by atoms with van der Waals surface area (Å²) in [6.07, 6.45) is -12.1. The van der Waals surface area contributed by atoms with E-state index in [1.807, 2.05) is 0 Å². The molecule has 0 amide bonds. The summed E-state index contributed by atoms with van der Waals surface area (Å²) < 4.78 is 15.9. The van der Waals surface area contributed by atoms with Crippen LogP contribution in [0.5, 0.6) is 0 Å². The highest BCUT2D eigenvalue weighted by Gasteiger charge is 2.61. The summed E-state index contributed by atoms with van der Waals surface area (Å²) in [5.74, 6) is -0.647. The Bertz CT molecular complexity index is 420. The van der Waals surface area contributed by atoms with Crippen LogP contribution in [0.1, 0.15) is 0 Å². The van der Waals surface area contributed by atoms with Crippen molar-refractivity contribution in [3.05, 3.63) is 0 Å². The summed E-state index contributed by atoms with van der Waals surface area (Å²) in [4.78, 5) is 0. The molecule has 0 spiro atoms. The predicted molar refractivity (Wildman–Crippen MR) is 69.9 cm³/mol. The molecule has 0 radical (unpaired) electrons. The molecule has 7 N–H and O–H groups in total. The average molecular weight is 338 g/mol. The standard InChI is InChI=1S/C13H22O10/c14-1-3-10(7(18)8(19)12-11(3)22-12)23-13-9(20)6(17)5(16)4(2-15)21-13/h3-20H,1-2H2/t3-,4-,5-,6+,7-,8-,9-,10-,11-,12+,13+/m1/s1. The van der Waals surface area contributed by atoms with Gasteiger partial charge in [0.15, 0.2) is 6.29 Å². The Morgan fingerprint density at radius 3 is 2.00 bits per heavy atom. The van der Waals surface area contributed by atoms with Crippen LogP contribution in [0.2, 0.25) is 0 Å². The number of fused-ring (bicyclic) bond motifs is 1. The van der Waals surface area contributed by atoms with Gasteiger partial charge in [-0.1, -0.05) is 0 Å². The zero-order chi connectivity index (χ0) is 16.9. The largest absolute Gasteiger partial charge is 0.396 e. The second-order valence-electron chi connectivity index (χ2n) is 6.19. The minimum Gasteiger partial charge on any atom is -0.396 e. The van der Waals surface area contributed by atoms with Gasteiger partial charge in [0.05, 0.1) is 25.4 Å². The molecule has 2 aliphatic heterocycles. The molecule has 0 aromatic carbocycles. The molecule has 3 aliphatic rings. The van der Waals surface area contributed by atoms with Crippen molar-refractivity contribution in [3.63, 3.8) is 0 Å². The fraction of sp³-hybridized carbons (Fsp3) is 1.00. The van der Waals surface area contributed by atoms with Crippen LogP contribution in [0, 0.1) is 5.92 Å². The molecular formula is C13H22O10. The van der Waals surface area contributed by atoms with Crippen molar-refractivity contribution in [1.82, 2.24) is 0 Å². The van der Waals surface area contributed by atoms with E-state index in [0.29, 0.717) is 0 Å². The lowest BCUT2D eigenvalue weighted by Gasteiger charge is -2.43. The second-order valence-corrected chi connectivity index (χ2v) is 6.19. The Kier molecular flexibility index (Phi) is 4.91. The van der Waals surface area contributed by atoms with Crippen molar-refractivity contribution in [1.29, 1.82) is 0 Å². The quantitative estimate of drug-likeness (QED) is 0.247. The van der Waals surface area contributed by atoms with Gasteiger partial charge in [0.2, 0.25) is 0 Å². The number of hydrogen-bond acceptors (Lipinski definition) is 10. The minimum atomic E-state index is -1.63. The van der Waals surface area contributed by atoms with Gasteiger partial charge in [0.25, 0.3) is 0 Å². The summed E-state index contributed by atoms with van der Waals surface area (Å²) in [5, 5.41) is 68.1. The van der Waals surface area contributed by atoms with Gasteiger partial charge in [0, 0.05) is 5.92 Å². The lowest BCUT2D eigenvalue weighted by atomic mass is 9.83. The van der Waals surface area contributed by atoms with E-state index in [4.69, 9.17) is 19.3 Å². The molecule has 0 bridgehead atoms. The van der Waals surface area contributed by atoms with Crippen LogP contribution in [-0.2, 0) is 14.2 Å². The Morgan fingerprint density at radius 1 is 0.696 bits per heavy atom. The second kappa shape index (κ2) is 6.48. The van der Waals surface area contributed by atoms with E-state index >= 15 is 0 Å². The molecule has 1 aliphatic carbocycles. The fourth-order valence-corrected chi connectivity index (χ4v) is 3.31. The molecule has 3 fully saturated rings. The molecule has 23 heavy (non-hydrogen) atoms. The number of rotatable bonds is 4. The van der Waals surface area contributed by atoms with E-state index in [-0.39, 0.29) is 6.61 Å². The molecule has 2 heterocycles. The van der Waals surface area contributed by atoms with Gasteiger partial charge in [-0.05, 0) is 0 Å². The van der Waals surface area contributed by atoms with Crippen LogP contribution < -0.4 is 0 Å². The van der Waals surface area contributed by atoms with Crippen LogP contribution >= 0.6 is 0 Å². The number of aliphatic hydroxyl groups is 7. The normalized spacial score (nSPS) is 56.2. The molecule has 10 nitrogen and oxygen atoms in total. The van der Waals surface area contributed by atoms with E-state index < -0.39 is 73.8 Å². The summed E-state index contributed by atoms with van der Waals surface area (Å²) in [6.45, 7) is -0.995. The van der Waals surface area contributed by atoms with E-state index in [1.165, 1.54) is 0 Å². The van der Waals surface area contributed by atoms with Crippen LogP contribution in [0.25, 0.3) is 0 Å². The molecule has 10 heteroatoms. The molecule has 0 aromatic rings. The number of aliphatic hydroxyl groups excluding tert-OH is 7. The van der Waals surface area contributed by atoms with Crippen molar-refractivity contribution < 1.29 is 50.0 Å². The Balaban J connectivity index is 1.73. The lowest BCUT2D eigenvalue weighted by molar-refractivity contribution is -0.326. The third-order valence-electron chi connectivity index (χ3n) is 4.78. The highest BCUT2D eigenvalue weighted by molar-refractivity contribution is 5.08. The number of epoxide rings is 1. The molecule has 2 saturated heterocycles. The first kappa shape index (κ1) is 17.4. The topological polar surface area (TPSA) is 173 Å². The first-order valence-corrected chi connectivity index (χ1v) is 7.49. The number of ether oxygens (including phenoxy) is 3. The maximum absolute atomic E-state index is 10.1. The van der Waals surface area contributed by atoms with E-state index in [1.54, 1.807) is 0 Å². The van der Waals surface area contributed by atoms with Crippen LogP contribution in [0.3, 0.4) is 0 Å². The molecule has 1 saturated carbocycles. The van der Waals surface area contributed by atoms with Gasteiger partial charge >= 0.3 is 0 Å². The molecule has 134 valence electrons. The Hall–Kier alpha value is -0.400. The highest BCUT2D eigenvalue weighted by Crippen LogP contribution is 2.43. The smallest absolute Gasteiger partial charge is 0.187 e. The SMILES string of the molecule is OC[C@H]1[C@H]2O[C@H]2[C@H](O)[C@@H](O)[C@@H]1O[C@@H]1O[C@H](CO)[C@@H](O)[C@H](O)[C@H]1O. The zero-order valence-corrected chi connectivity index (χ0v) is 12.1. The zero-order valence-electron chi connectivity index (χ0n) is 12.1. The van der Waals surface area contributed by atoms with Crippen molar-refractivity contribution in [3.8, 4) is 0 Å². The Labute approximate surface area is 131 Å². The van der Waals surface area contributed by atoms with Gasteiger partial charge in [0.1, 0.15) is 42.7 Å². The minimum absolute atomic E-state index is 0.382. The summed E-state index contributed by atoms with van der Waals surface area (Å²) >= 11 is 0. The van der Waals surface area contributed by atoms with Crippen LogP contribution in [0.4, 0.5) is 0 Å². The maximum atomic E-state index is 10.1. The predicted octanol–water partition coefficient (Wildman–Crippen LogP) is -4.72. The molecule has 0 unspecified atom stereocenters. The van der Waals surface area contributed by atoms with Gasteiger partial charge < -0.3 is 50.0 Å². The third-order valence-corrected chi connectivity index (χ3v) is 4.78. The first-order chi connectivity index (χ1) is 10.9. The Morgan fingerprint density at radius 2 is 1.39 bits per heavy atom. The lowest BCUT2D eigenvalue weighted by Crippen LogP contribution is -2.62. The fourth-order valence-electron chi connectivity index (χ4n) is 3.31. The van der Waals surface area contributed by atoms with Crippen LogP contribution in [0.15, 0.2) is 0 Å². The molecular weight excluding hydrogens is 316 g/mol. The number of hydrogen-bond donors (Lipinski definition) is 7. The molecule has 3 rings (SSSR count). The third kappa shape index (κ3) is 2.89. The molecule has 0 aromatic heterocycles. The van der Waals surface area contributed by atoms with Crippen molar-refractivity contribution in [2.75, 3.05) is 13.2 Å². The summed E-state index contributed by atoms with van der Waals surface area (Å²) in [5.41, 5.74) is 0. The van der Waals surface area contributed by atoms with E-state index in [2.05, 4.69) is 0 Å². The molecule has 11 atom stereocenters. The summed E-state index contributed by atoms with van der Waals surface area (Å²) in [6, 6.07) is 0. The first-order valence-electron chi connectivity index (χ1n) is 7.49. The van der Waals surface area contributed by atoms with Crippen molar-refractivity contribution in [2.45, 2.75) is 61.2 Å². The van der Waals surface area contributed by atoms with Gasteiger partial charge in [-0.2, -0.15) is 0 Å². The van der Waals surface area contributed by atoms with Crippen molar-refractivity contribution in [2.24, 2.45) is 5.92 Å². The van der Waals surface area contributed by atoms with Gasteiger partial charge in [-0.15, -0.1) is 0 Å². The maximum Gasteiger partial charge on any atom is 0.187 e. The summed E-state index contributed by atoms with van der Waals surface area (Å²) in [7, 11) is 0. The van der Waals surface area contributed by atoms with Gasteiger partial charge in [-0.3, -0.25) is 0 Å². The van der Waals surface area contributed by atoms with Gasteiger partial charge in [-0.25, -0.2) is 0 Å². The van der Waals surface area contributed by atoms with E-state index in [9.17, 15) is 30.6 Å².